The van der Waals surface area contributed by atoms with Crippen LogP contribution in [0, 0.1) is 0 Å². The molecule has 1 amide bonds. The van der Waals surface area contributed by atoms with E-state index in [1.807, 2.05) is 12.1 Å². The molecule has 0 unspecified atom stereocenters. The minimum atomic E-state index is -0.290. The van der Waals surface area contributed by atoms with Gasteiger partial charge in [0.25, 0.3) is 5.91 Å². The third kappa shape index (κ3) is 5.74. The zero-order valence-electron chi connectivity index (χ0n) is 16.7. The van der Waals surface area contributed by atoms with Gasteiger partial charge >= 0.3 is 0 Å². The molecule has 31 heavy (non-hydrogen) atoms. The summed E-state index contributed by atoms with van der Waals surface area (Å²) in [5, 5.41) is 5.03. The molecule has 0 spiro atoms. The summed E-state index contributed by atoms with van der Waals surface area (Å²) in [6.07, 6.45) is 1.44. The number of furan rings is 1. The molecule has 0 bridgehead atoms. The van der Waals surface area contributed by atoms with Crippen LogP contribution in [0.4, 0.5) is 0 Å². The SMILES string of the molecule is O=C(N/N=C\c1ccc(-c2ccc(Cl)cc2Cl)o1)c1ccc(CN2CCOCC2)cc1. The lowest BCUT2D eigenvalue weighted by Crippen LogP contribution is -2.35. The van der Waals surface area contributed by atoms with Gasteiger partial charge in [0.1, 0.15) is 11.5 Å². The normalized spacial score (nSPS) is 14.8. The molecule has 1 fully saturated rings. The van der Waals surface area contributed by atoms with Gasteiger partial charge in [-0.1, -0.05) is 35.3 Å². The van der Waals surface area contributed by atoms with Crippen molar-refractivity contribution >= 4 is 35.3 Å². The van der Waals surface area contributed by atoms with Gasteiger partial charge in [0.15, 0.2) is 0 Å². The summed E-state index contributed by atoms with van der Waals surface area (Å²) in [6.45, 7) is 4.23. The second kappa shape index (κ2) is 10.1. The van der Waals surface area contributed by atoms with E-state index < -0.39 is 0 Å². The topological polar surface area (TPSA) is 67.1 Å². The molecule has 1 N–H and O–H groups in total. The Bertz CT molecular complexity index is 1070. The molecule has 4 rings (SSSR count). The second-order valence-electron chi connectivity index (χ2n) is 7.11. The van der Waals surface area contributed by atoms with Crippen molar-refractivity contribution in [1.82, 2.24) is 10.3 Å². The van der Waals surface area contributed by atoms with E-state index in [-0.39, 0.29) is 5.91 Å². The maximum absolute atomic E-state index is 12.3. The number of hydrogen-bond acceptors (Lipinski definition) is 5. The standard InChI is InChI=1S/C23H21Cl2N3O3/c24-18-5-7-20(21(25)13-18)22-8-6-19(31-22)14-26-27-23(29)17-3-1-16(2-4-17)15-28-9-11-30-12-10-28/h1-8,13-14H,9-12,15H2,(H,27,29)/b26-14-. The highest BCUT2D eigenvalue weighted by molar-refractivity contribution is 6.36. The Kier molecular flexibility index (Phi) is 7.04. The highest BCUT2D eigenvalue weighted by Crippen LogP contribution is 2.31. The van der Waals surface area contributed by atoms with Crippen molar-refractivity contribution in [1.29, 1.82) is 0 Å². The summed E-state index contributed by atoms with van der Waals surface area (Å²) in [7, 11) is 0. The number of carbonyl (C=O) groups is 1. The Balaban J connectivity index is 1.32. The molecule has 2 aromatic carbocycles. The van der Waals surface area contributed by atoms with Crippen LogP contribution in [0.3, 0.4) is 0 Å². The fourth-order valence-corrected chi connectivity index (χ4v) is 3.76. The van der Waals surface area contributed by atoms with Crippen LogP contribution in [0.15, 0.2) is 64.1 Å². The van der Waals surface area contributed by atoms with Crippen molar-refractivity contribution in [3.8, 4) is 11.3 Å². The molecule has 0 aliphatic carbocycles. The van der Waals surface area contributed by atoms with Gasteiger partial charge in [0, 0.05) is 35.8 Å². The van der Waals surface area contributed by atoms with Gasteiger partial charge in [-0.05, 0) is 48.0 Å². The van der Waals surface area contributed by atoms with Crippen molar-refractivity contribution in [2.24, 2.45) is 5.10 Å². The minimum Gasteiger partial charge on any atom is -0.455 e. The third-order valence-corrected chi connectivity index (χ3v) is 5.46. The van der Waals surface area contributed by atoms with E-state index in [2.05, 4.69) is 15.4 Å². The molecule has 0 radical (unpaired) electrons. The lowest BCUT2D eigenvalue weighted by molar-refractivity contribution is 0.0342. The molecule has 0 atom stereocenters. The molecule has 2 heterocycles. The van der Waals surface area contributed by atoms with Crippen LogP contribution in [-0.4, -0.2) is 43.3 Å². The first-order chi connectivity index (χ1) is 15.1. The number of rotatable bonds is 6. The third-order valence-electron chi connectivity index (χ3n) is 4.91. The quantitative estimate of drug-likeness (QED) is 0.424. The first-order valence-corrected chi connectivity index (χ1v) is 10.6. The summed E-state index contributed by atoms with van der Waals surface area (Å²) < 4.78 is 11.1. The van der Waals surface area contributed by atoms with E-state index >= 15 is 0 Å². The number of amides is 1. The number of halogens is 2. The van der Waals surface area contributed by atoms with Crippen LogP contribution < -0.4 is 5.43 Å². The van der Waals surface area contributed by atoms with Crippen LogP contribution in [-0.2, 0) is 11.3 Å². The molecule has 160 valence electrons. The maximum Gasteiger partial charge on any atom is 0.271 e. The fourth-order valence-electron chi connectivity index (χ4n) is 3.25. The van der Waals surface area contributed by atoms with Gasteiger partial charge in [0.05, 0.1) is 24.5 Å². The van der Waals surface area contributed by atoms with Gasteiger partial charge in [-0.3, -0.25) is 9.69 Å². The number of hydrazone groups is 1. The molecular formula is C23H21Cl2N3O3. The Labute approximate surface area is 190 Å². The Morgan fingerprint density at radius 2 is 1.84 bits per heavy atom. The van der Waals surface area contributed by atoms with Crippen molar-refractivity contribution in [2.45, 2.75) is 6.54 Å². The number of benzene rings is 2. The number of carbonyl (C=O) groups excluding carboxylic acids is 1. The van der Waals surface area contributed by atoms with Crippen LogP contribution >= 0.6 is 23.2 Å². The minimum absolute atomic E-state index is 0.290. The monoisotopic (exact) mass is 457 g/mol. The van der Waals surface area contributed by atoms with Crippen molar-refractivity contribution < 1.29 is 13.9 Å². The summed E-state index contributed by atoms with van der Waals surface area (Å²) in [4.78, 5) is 14.7. The van der Waals surface area contributed by atoms with Crippen molar-refractivity contribution in [3.05, 3.63) is 81.5 Å². The molecule has 1 saturated heterocycles. The van der Waals surface area contributed by atoms with Crippen LogP contribution in [0.1, 0.15) is 21.7 Å². The van der Waals surface area contributed by atoms with Crippen molar-refractivity contribution in [2.75, 3.05) is 26.3 Å². The lowest BCUT2D eigenvalue weighted by Gasteiger charge is -2.26. The number of hydrogen-bond donors (Lipinski definition) is 1. The predicted octanol–water partition coefficient (Wildman–Crippen LogP) is 4.85. The summed E-state index contributed by atoms with van der Waals surface area (Å²) in [5.41, 5.74) is 4.94. The Morgan fingerprint density at radius 1 is 1.06 bits per heavy atom. The average Bonchev–Trinajstić information content (AvgIpc) is 3.23. The van der Waals surface area contributed by atoms with E-state index in [1.54, 1.807) is 42.5 Å². The zero-order valence-corrected chi connectivity index (χ0v) is 18.2. The Hall–Kier alpha value is -2.64. The number of morpholine rings is 1. The van der Waals surface area contributed by atoms with E-state index in [1.165, 1.54) is 6.21 Å². The van der Waals surface area contributed by atoms with Gasteiger partial charge in [-0.25, -0.2) is 5.43 Å². The van der Waals surface area contributed by atoms with E-state index in [9.17, 15) is 4.79 Å². The van der Waals surface area contributed by atoms with Gasteiger partial charge in [0.2, 0.25) is 0 Å². The highest BCUT2D eigenvalue weighted by atomic mass is 35.5. The van der Waals surface area contributed by atoms with Crippen LogP contribution in [0.5, 0.6) is 0 Å². The van der Waals surface area contributed by atoms with E-state index in [0.29, 0.717) is 27.1 Å². The maximum atomic E-state index is 12.3. The molecule has 1 aromatic heterocycles. The highest BCUT2D eigenvalue weighted by Gasteiger charge is 2.12. The summed E-state index contributed by atoms with van der Waals surface area (Å²) in [5.74, 6) is 0.786. The zero-order chi connectivity index (χ0) is 21.6. The molecule has 8 heteroatoms. The number of nitrogens with zero attached hydrogens (tertiary/aromatic N) is 2. The molecule has 6 nitrogen and oxygen atoms in total. The van der Waals surface area contributed by atoms with E-state index in [0.717, 1.165) is 44.0 Å². The van der Waals surface area contributed by atoms with Crippen LogP contribution in [0.25, 0.3) is 11.3 Å². The number of nitrogens with one attached hydrogen (secondary N) is 1. The first-order valence-electron chi connectivity index (χ1n) is 9.86. The van der Waals surface area contributed by atoms with E-state index in [4.69, 9.17) is 32.4 Å². The van der Waals surface area contributed by atoms with Gasteiger partial charge < -0.3 is 9.15 Å². The smallest absolute Gasteiger partial charge is 0.271 e. The first kappa shape index (κ1) is 21.6. The summed E-state index contributed by atoms with van der Waals surface area (Å²) in [6, 6.07) is 16.2. The summed E-state index contributed by atoms with van der Waals surface area (Å²) >= 11 is 12.1. The molecule has 3 aromatic rings. The fraction of sp³-hybridized carbons (Fsp3) is 0.217. The van der Waals surface area contributed by atoms with Crippen LogP contribution in [0.2, 0.25) is 10.0 Å². The Morgan fingerprint density at radius 3 is 2.58 bits per heavy atom. The lowest BCUT2D eigenvalue weighted by atomic mass is 10.1. The second-order valence-corrected chi connectivity index (χ2v) is 7.95. The number of ether oxygens (including phenoxy) is 1. The molecular weight excluding hydrogens is 437 g/mol. The molecule has 0 saturated carbocycles. The largest absolute Gasteiger partial charge is 0.455 e. The predicted molar refractivity (Wildman–Crippen MR) is 122 cm³/mol. The molecule has 1 aliphatic heterocycles. The molecule has 1 aliphatic rings. The van der Waals surface area contributed by atoms with Crippen molar-refractivity contribution in [3.63, 3.8) is 0 Å². The van der Waals surface area contributed by atoms with Gasteiger partial charge in [-0.2, -0.15) is 5.10 Å². The van der Waals surface area contributed by atoms with Gasteiger partial charge in [-0.15, -0.1) is 0 Å². The average molecular weight is 458 g/mol.